The number of carbonyl (C=O) groups excluding carboxylic acids is 1. The largest absolute Gasteiger partial charge is 0.445 e. The van der Waals surface area contributed by atoms with Gasteiger partial charge in [-0.05, 0) is 11.6 Å². The molecule has 0 aliphatic rings. The van der Waals surface area contributed by atoms with Crippen molar-refractivity contribution in [2.24, 2.45) is 0 Å². The molecule has 1 aromatic carbocycles. The Labute approximate surface area is 130 Å². The van der Waals surface area contributed by atoms with E-state index in [1.54, 1.807) is 0 Å². The minimum atomic E-state index is -4.63. The van der Waals surface area contributed by atoms with Gasteiger partial charge in [0.2, 0.25) is 16.0 Å². The van der Waals surface area contributed by atoms with Gasteiger partial charge < -0.3 is 0 Å². The van der Waals surface area contributed by atoms with E-state index in [0.717, 1.165) is 6.08 Å². The van der Waals surface area contributed by atoms with E-state index >= 15 is 0 Å². The minimum absolute atomic E-state index is 0.147. The van der Waals surface area contributed by atoms with Crippen LogP contribution in [0.5, 0.6) is 0 Å². The first-order valence-electron chi connectivity index (χ1n) is 5.90. The first kappa shape index (κ1) is 16.5. The predicted octanol–water partition coefficient (Wildman–Crippen LogP) is 3.12. The molecule has 0 saturated heterocycles. The molecule has 2 aromatic rings. The second-order valence-electron chi connectivity index (χ2n) is 4.08. The number of benzene rings is 1. The third kappa shape index (κ3) is 4.57. The summed E-state index contributed by atoms with van der Waals surface area (Å²) in [6, 6.07) is 5.51. The highest BCUT2D eigenvalue weighted by Gasteiger charge is 2.35. The van der Waals surface area contributed by atoms with Crippen LogP contribution in [0.25, 0.3) is 6.08 Å². The molecule has 0 saturated carbocycles. The monoisotopic (exact) mass is 344 g/mol. The van der Waals surface area contributed by atoms with Crippen molar-refractivity contribution < 1.29 is 22.9 Å². The van der Waals surface area contributed by atoms with Gasteiger partial charge in [0, 0.05) is 18.2 Å². The zero-order valence-electron chi connectivity index (χ0n) is 11.1. The number of rotatable bonds is 4. The molecule has 0 unspecified atom stereocenters. The van der Waals surface area contributed by atoms with E-state index in [1.807, 2.05) is 0 Å². The number of hydrogen-bond acceptors (Lipinski definition) is 6. The Morgan fingerprint density at radius 3 is 2.70 bits per heavy atom. The van der Waals surface area contributed by atoms with Crippen LogP contribution in [0.4, 0.5) is 24.0 Å². The van der Waals surface area contributed by atoms with E-state index in [2.05, 4.69) is 15.5 Å². The number of alkyl halides is 3. The molecule has 1 aromatic heterocycles. The first-order chi connectivity index (χ1) is 10.8. The van der Waals surface area contributed by atoms with Gasteiger partial charge in [0.25, 0.3) is 5.69 Å². The topological polar surface area (TPSA) is 98.0 Å². The number of hydrogen-bond donors (Lipinski definition) is 1. The van der Waals surface area contributed by atoms with Crippen molar-refractivity contribution in [3.05, 3.63) is 51.0 Å². The number of nitrogens with zero attached hydrogens (tertiary/aromatic N) is 3. The van der Waals surface area contributed by atoms with Crippen molar-refractivity contribution in [3.8, 4) is 0 Å². The Morgan fingerprint density at radius 2 is 2.09 bits per heavy atom. The van der Waals surface area contributed by atoms with Gasteiger partial charge in [0.1, 0.15) is 0 Å². The number of anilines is 1. The van der Waals surface area contributed by atoms with Gasteiger partial charge in [-0.15, -0.1) is 10.2 Å². The first-order valence-corrected chi connectivity index (χ1v) is 6.71. The molecule has 120 valence electrons. The van der Waals surface area contributed by atoms with Crippen LogP contribution in [0.3, 0.4) is 0 Å². The molecule has 0 bridgehead atoms. The summed E-state index contributed by atoms with van der Waals surface area (Å²) in [5.74, 6) is -0.735. The minimum Gasteiger partial charge on any atom is -0.297 e. The molecule has 0 atom stereocenters. The van der Waals surface area contributed by atoms with Crippen molar-refractivity contribution in [3.63, 3.8) is 0 Å². The van der Waals surface area contributed by atoms with Crippen LogP contribution in [-0.4, -0.2) is 21.0 Å². The van der Waals surface area contributed by atoms with Crippen LogP contribution >= 0.6 is 11.3 Å². The highest BCUT2D eigenvalue weighted by molar-refractivity contribution is 7.15. The molecule has 0 radical (unpaired) electrons. The summed E-state index contributed by atoms with van der Waals surface area (Å²) >= 11 is 0.194. The summed E-state index contributed by atoms with van der Waals surface area (Å²) in [7, 11) is 0. The molecule has 0 spiro atoms. The van der Waals surface area contributed by atoms with E-state index in [-0.39, 0.29) is 22.2 Å². The van der Waals surface area contributed by atoms with Crippen molar-refractivity contribution in [1.29, 1.82) is 0 Å². The Morgan fingerprint density at radius 1 is 1.35 bits per heavy atom. The van der Waals surface area contributed by atoms with Crippen LogP contribution in [0.15, 0.2) is 30.3 Å². The highest BCUT2D eigenvalue weighted by atomic mass is 32.1. The molecule has 2 rings (SSSR count). The molecule has 1 heterocycles. The second-order valence-corrected chi connectivity index (χ2v) is 5.06. The third-order valence-electron chi connectivity index (χ3n) is 2.41. The van der Waals surface area contributed by atoms with Crippen molar-refractivity contribution in [2.45, 2.75) is 6.18 Å². The number of halogens is 3. The number of amides is 1. The molecule has 0 aliphatic carbocycles. The van der Waals surface area contributed by atoms with E-state index in [9.17, 15) is 28.1 Å². The molecule has 7 nitrogen and oxygen atoms in total. The van der Waals surface area contributed by atoms with Crippen LogP contribution < -0.4 is 5.32 Å². The Balaban J connectivity index is 2.03. The summed E-state index contributed by atoms with van der Waals surface area (Å²) in [5.41, 5.74) is 0.245. The highest BCUT2D eigenvalue weighted by Crippen LogP contribution is 2.32. The molecular formula is C12H7F3N4O3S. The van der Waals surface area contributed by atoms with Gasteiger partial charge in [-0.1, -0.05) is 23.5 Å². The molecule has 0 aliphatic heterocycles. The molecule has 11 heteroatoms. The second kappa shape index (κ2) is 6.52. The lowest BCUT2D eigenvalue weighted by molar-refractivity contribution is -0.384. The summed E-state index contributed by atoms with van der Waals surface area (Å²) in [4.78, 5) is 21.6. The number of nitrogens with one attached hydrogen (secondary N) is 1. The fourth-order valence-electron chi connectivity index (χ4n) is 1.45. The smallest absolute Gasteiger partial charge is 0.297 e. The Hall–Kier alpha value is -2.82. The summed E-state index contributed by atoms with van der Waals surface area (Å²) in [5, 5.41) is 17.4. The van der Waals surface area contributed by atoms with E-state index in [4.69, 9.17) is 0 Å². The molecule has 1 N–H and O–H groups in total. The van der Waals surface area contributed by atoms with E-state index < -0.39 is 22.0 Å². The standard InChI is InChI=1S/C12H7F3N4O3S/c13-12(14,15)10-17-18-11(23-10)16-9(20)5-4-7-2-1-3-8(6-7)19(21)22/h1-6H,(H,16,18,20)/b5-4+. The predicted molar refractivity (Wildman–Crippen MR) is 75.7 cm³/mol. The van der Waals surface area contributed by atoms with Gasteiger partial charge in [-0.2, -0.15) is 13.2 Å². The third-order valence-corrected chi connectivity index (χ3v) is 3.29. The van der Waals surface area contributed by atoms with Crippen molar-refractivity contribution >= 4 is 34.1 Å². The summed E-state index contributed by atoms with van der Waals surface area (Å²) in [6.45, 7) is 0. The van der Waals surface area contributed by atoms with Crippen LogP contribution in [0.2, 0.25) is 0 Å². The van der Waals surface area contributed by atoms with Gasteiger partial charge in [0.05, 0.1) is 4.92 Å². The van der Waals surface area contributed by atoms with E-state index in [1.165, 1.54) is 30.3 Å². The summed E-state index contributed by atoms with van der Waals surface area (Å²) < 4.78 is 37.0. The fourth-order valence-corrected chi connectivity index (χ4v) is 2.06. The fraction of sp³-hybridized carbons (Fsp3) is 0.0833. The van der Waals surface area contributed by atoms with Gasteiger partial charge in [-0.25, -0.2) is 0 Å². The number of aromatic nitrogens is 2. The Bertz CT molecular complexity index is 773. The lowest BCUT2D eigenvalue weighted by atomic mass is 10.2. The normalized spacial score (nSPS) is 11.6. The van der Waals surface area contributed by atoms with Gasteiger partial charge >= 0.3 is 6.18 Å². The number of nitro benzene ring substituents is 1. The quantitative estimate of drug-likeness (QED) is 0.522. The number of nitro groups is 1. The van der Waals surface area contributed by atoms with Crippen LogP contribution in [-0.2, 0) is 11.0 Å². The van der Waals surface area contributed by atoms with Gasteiger partial charge in [0.15, 0.2) is 0 Å². The number of non-ortho nitro benzene ring substituents is 1. The lowest BCUT2D eigenvalue weighted by Gasteiger charge is -1.98. The maximum Gasteiger partial charge on any atom is 0.445 e. The SMILES string of the molecule is O=C(/C=C/c1cccc([N+](=O)[O-])c1)Nc1nnc(C(F)(F)F)s1. The average molecular weight is 344 g/mol. The van der Waals surface area contributed by atoms with Gasteiger partial charge in [-0.3, -0.25) is 20.2 Å². The molecule has 23 heavy (non-hydrogen) atoms. The zero-order valence-corrected chi connectivity index (χ0v) is 11.9. The van der Waals surface area contributed by atoms with Crippen molar-refractivity contribution in [1.82, 2.24) is 10.2 Å². The van der Waals surface area contributed by atoms with Crippen molar-refractivity contribution in [2.75, 3.05) is 5.32 Å². The zero-order chi connectivity index (χ0) is 17.0. The van der Waals surface area contributed by atoms with Crippen LogP contribution in [0.1, 0.15) is 10.6 Å². The number of carbonyl (C=O) groups is 1. The van der Waals surface area contributed by atoms with Crippen LogP contribution in [0, 0.1) is 10.1 Å². The molecule has 1 amide bonds. The maximum absolute atomic E-state index is 12.3. The Kier molecular flexibility index (Phi) is 4.69. The maximum atomic E-state index is 12.3. The molecule has 0 fully saturated rings. The van der Waals surface area contributed by atoms with E-state index in [0.29, 0.717) is 5.56 Å². The summed E-state index contributed by atoms with van der Waals surface area (Å²) in [6.07, 6.45) is -2.32. The molecular weight excluding hydrogens is 337 g/mol. The average Bonchev–Trinajstić information content (AvgIpc) is 2.94. The lowest BCUT2D eigenvalue weighted by Crippen LogP contribution is -2.07.